The third-order valence-corrected chi connectivity index (χ3v) is 5.57. The molecule has 3 aromatic rings. The molecule has 0 fully saturated rings. The summed E-state index contributed by atoms with van der Waals surface area (Å²) in [5.41, 5.74) is 2.99. The number of nitrogens with zero attached hydrogens (tertiary/aromatic N) is 2. The third kappa shape index (κ3) is 5.32. The quantitative estimate of drug-likeness (QED) is 0.600. The average molecular weight is 426 g/mol. The summed E-state index contributed by atoms with van der Waals surface area (Å²) >= 11 is 0. The predicted octanol–water partition coefficient (Wildman–Crippen LogP) is 3.22. The number of aromatic nitrogens is 2. The molecule has 0 saturated carbocycles. The molecular weight excluding hydrogens is 404 g/mol. The van der Waals surface area contributed by atoms with E-state index in [2.05, 4.69) is 20.0 Å². The second-order valence-electron chi connectivity index (χ2n) is 6.71. The normalized spacial score (nSPS) is 11.0. The van der Waals surface area contributed by atoms with Crippen molar-refractivity contribution >= 4 is 27.6 Å². The van der Waals surface area contributed by atoms with Crippen LogP contribution in [0.1, 0.15) is 16.8 Å². The minimum Gasteiger partial charge on any atom is -0.483 e. The van der Waals surface area contributed by atoms with Crippen LogP contribution in [0.2, 0.25) is 0 Å². The molecule has 8 nitrogen and oxygen atoms in total. The van der Waals surface area contributed by atoms with E-state index in [0.29, 0.717) is 17.1 Å². The first-order valence-electron chi connectivity index (χ1n) is 9.16. The molecule has 2 N–H and O–H groups in total. The van der Waals surface area contributed by atoms with E-state index in [1.54, 1.807) is 13.0 Å². The molecule has 0 aliphatic carbocycles. The number of carbonyl (C=O) groups is 1. The van der Waals surface area contributed by atoms with Gasteiger partial charge >= 0.3 is 0 Å². The smallest absolute Gasteiger partial charge is 0.264 e. The van der Waals surface area contributed by atoms with Gasteiger partial charge in [0.05, 0.1) is 4.90 Å². The molecule has 156 valence electrons. The zero-order chi connectivity index (χ0) is 21.7. The van der Waals surface area contributed by atoms with Crippen LogP contribution in [0.4, 0.5) is 11.6 Å². The summed E-state index contributed by atoms with van der Waals surface area (Å²) in [6.45, 7) is 5.41. The van der Waals surface area contributed by atoms with Crippen molar-refractivity contribution in [1.82, 2.24) is 9.97 Å². The highest BCUT2D eigenvalue weighted by Crippen LogP contribution is 2.22. The zero-order valence-corrected chi connectivity index (χ0v) is 17.7. The van der Waals surface area contributed by atoms with Crippen molar-refractivity contribution in [2.75, 3.05) is 16.6 Å². The maximum Gasteiger partial charge on any atom is 0.264 e. The van der Waals surface area contributed by atoms with Crippen LogP contribution in [0.25, 0.3) is 0 Å². The van der Waals surface area contributed by atoms with Crippen LogP contribution in [-0.2, 0) is 14.8 Å². The number of anilines is 2. The zero-order valence-electron chi connectivity index (χ0n) is 16.8. The first-order chi connectivity index (χ1) is 14.2. The van der Waals surface area contributed by atoms with E-state index in [1.165, 1.54) is 30.5 Å². The van der Waals surface area contributed by atoms with Crippen molar-refractivity contribution in [3.8, 4) is 5.75 Å². The summed E-state index contributed by atoms with van der Waals surface area (Å²) in [6.07, 6.45) is 1.47. The van der Waals surface area contributed by atoms with Gasteiger partial charge in [-0.15, -0.1) is 0 Å². The van der Waals surface area contributed by atoms with Crippen molar-refractivity contribution in [1.29, 1.82) is 0 Å². The summed E-state index contributed by atoms with van der Waals surface area (Å²) in [4.78, 5) is 20.1. The Labute approximate surface area is 175 Å². The highest BCUT2D eigenvalue weighted by molar-refractivity contribution is 7.92. The topological polar surface area (TPSA) is 110 Å². The number of ether oxygens (including phenoxy) is 1. The number of aryl methyl sites for hydroxylation is 3. The van der Waals surface area contributed by atoms with Crippen LogP contribution >= 0.6 is 0 Å². The Kier molecular flexibility index (Phi) is 6.31. The molecule has 0 bridgehead atoms. The third-order valence-electron chi connectivity index (χ3n) is 4.23. The molecule has 1 aromatic heterocycles. The van der Waals surface area contributed by atoms with Crippen LogP contribution in [0.3, 0.4) is 0 Å². The van der Waals surface area contributed by atoms with Crippen LogP contribution in [0.15, 0.2) is 59.6 Å². The number of benzene rings is 2. The number of hydrogen-bond donors (Lipinski definition) is 2. The molecule has 2 aromatic carbocycles. The number of amides is 1. The lowest BCUT2D eigenvalue weighted by atomic mass is 10.1. The minimum absolute atomic E-state index is 0.00368. The second kappa shape index (κ2) is 8.91. The SMILES string of the molecule is Cc1ccnc(NS(=O)(=O)c2ccc(NC(=O)COc3c(C)cccc3C)cc2)n1. The van der Waals surface area contributed by atoms with Crippen molar-refractivity contribution in [2.24, 2.45) is 0 Å². The number of hydrogen-bond acceptors (Lipinski definition) is 6. The fourth-order valence-electron chi connectivity index (χ4n) is 2.76. The molecule has 0 unspecified atom stereocenters. The van der Waals surface area contributed by atoms with Gasteiger partial charge in [0.15, 0.2) is 6.61 Å². The van der Waals surface area contributed by atoms with Gasteiger partial charge in [0.1, 0.15) is 5.75 Å². The second-order valence-corrected chi connectivity index (χ2v) is 8.39. The molecular formula is C21H22N4O4S. The van der Waals surface area contributed by atoms with Gasteiger partial charge in [-0.1, -0.05) is 18.2 Å². The molecule has 0 spiro atoms. The molecule has 0 aliphatic rings. The standard InChI is InChI=1S/C21H22N4O4S/c1-14-5-4-6-15(2)20(14)29-13-19(26)24-17-7-9-18(10-8-17)30(27,28)25-21-22-12-11-16(3)23-21/h4-12H,13H2,1-3H3,(H,24,26)(H,22,23,25). The predicted molar refractivity (Wildman–Crippen MR) is 114 cm³/mol. The van der Waals surface area contributed by atoms with E-state index < -0.39 is 10.0 Å². The molecule has 1 heterocycles. The summed E-state index contributed by atoms with van der Waals surface area (Å²) in [6, 6.07) is 13.2. The van der Waals surface area contributed by atoms with Gasteiger partial charge in [0.2, 0.25) is 5.95 Å². The fraction of sp³-hybridized carbons (Fsp3) is 0.190. The Morgan fingerprint density at radius 2 is 1.67 bits per heavy atom. The number of carbonyl (C=O) groups excluding carboxylic acids is 1. The van der Waals surface area contributed by atoms with Gasteiger partial charge < -0.3 is 10.1 Å². The van der Waals surface area contributed by atoms with Crippen molar-refractivity contribution < 1.29 is 17.9 Å². The number of nitrogens with one attached hydrogen (secondary N) is 2. The van der Waals surface area contributed by atoms with E-state index in [9.17, 15) is 13.2 Å². The highest BCUT2D eigenvalue weighted by atomic mass is 32.2. The Morgan fingerprint density at radius 1 is 1.00 bits per heavy atom. The summed E-state index contributed by atoms with van der Waals surface area (Å²) in [5.74, 6) is 0.328. The maximum absolute atomic E-state index is 12.5. The largest absolute Gasteiger partial charge is 0.483 e. The lowest BCUT2D eigenvalue weighted by Crippen LogP contribution is -2.21. The van der Waals surface area contributed by atoms with E-state index >= 15 is 0 Å². The van der Waals surface area contributed by atoms with Crippen LogP contribution < -0.4 is 14.8 Å². The molecule has 30 heavy (non-hydrogen) atoms. The van der Waals surface area contributed by atoms with Crippen LogP contribution in [-0.4, -0.2) is 30.9 Å². The Hall–Kier alpha value is -3.46. The van der Waals surface area contributed by atoms with Crippen molar-refractivity contribution in [3.05, 3.63) is 71.5 Å². The van der Waals surface area contributed by atoms with Gasteiger partial charge in [-0.25, -0.2) is 23.1 Å². The molecule has 9 heteroatoms. The summed E-state index contributed by atoms with van der Waals surface area (Å²) in [7, 11) is -3.84. The van der Waals surface area contributed by atoms with E-state index in [0.717, 1.165) is 11.1 Å². The highest BCUT2D eigenvalue weighted by Gasteiger charge is 2.16. The summed E-state index contributed by atoms with van der Waals surface area (Å²) in [5, 5.41) is 2.68. The number of sulfonamides is 1. The van der Waals surface area contributed by atoms with Gasteiger partial charge in [-0.2, -0.15) is 0 Å². The molecule has 0 atom stereocenters. The molecule has 3 rings (SSSR count). The Bertz CT molecular complexity index is 1140. The average Bonchev–Trinajstić information content (AvgIpc) is 2.68. The molecule has 1 amide bonds. The lowest BCUT2D eigenvalue weighted by Gasteiger charge is -2.12. The Balaban J connectivity index is 1.61. The molecule has 0 saturated heterocycles. The van der Waals surface area contributed by atoms with E-state index in [-0.39, 0.29) is 23.4 Å². The van der Waals surface area contributed by atoms with Gasteiger partial charge in [-0.05, 0) is 62.2 Å². The summed E-state index contributed by atoms with van der Waals surface area (Å²) < 4.78 is 32.9. The molecule has 0 radical (unpaired) electrons. The molecule has 0 aliphatic heterocycles. The fourth-order valence-corrected chi connectivity index (χ4v) is 3.71. The Morgan fingerprint density at radius 3 is 2.30 bits per heavy atom. The van der Waals surface area contributed by atoms with Crippen molar-refractivity contribution in [3.63, 3.8) is 0 Å². The lowest BCUT2D eigenvalue weighted by molar-refractivity contribution is -0.118. The van der Waals surface area contributed by atoms with Crippen LogP contribution in [0.5, 0.6) is 5.75 Å². The first kappa shape index (κ1) is 21.3. The van der Waals surface area contributed by atoms with E-state index in [1.807, 2.05) is 32.0 Å². The number of rotatable bonds is 7. The number of para-hydroxylation sites is 1. The monoisotopic (exact) mass is 426 g/mol. The van der Waals surface area contributed by atoms with Gasteiger partial charge in [-0.3, -0.25) is 4.79 Å². The van der Waals surface area contributed by atoms with Crippen molar-refractivity contribution in [2.45, 2.75) is 25.7 Å². The van der Waals surface area contributed by atoms with Crippen LogP contribution in [0, 0.1) is 20.8 Å². The minimum atomic E-state index is -3.84. The van der Waals surface area contributed by atoms with Gasteiger partial charge in [0, 0.05) is 17.6 Å². The van der Waals surface area contributed by atoms with E-state index in [4.69, 9.17) is 4.74 Å². The van der Waals surface area contributed by atoms with Gasteiger partial charge in [0.25, 0.3) is 15.9 Å². The first-order valence-corrected chi connectivity index (χ1v) is 10.6. The maximum atomic E-state index is 12.5.